The molecule has 3 aromatic rings. The third kappa shape index (κ3) is 5.95. The van der Waals surface area contributed by atoms with Crippen LogP contribution in [0.4, 0.5) is 10.1 Å². The van der Waals surface area contributed by atoms with Gasteiger partial charge in [-0.25, -0.2) is 14.2 Å². The number of anilines is 1. The predicted octanol–water partition coefficient (Wildman–Crippen LogP) is 4.17. The SMILES string of the molecule is CC(=O)c1ccccc1NC(=O)COC(=O)c1sc(COc2ccc(F)cc2)nc1C. The molecule has 2 aromatic carbocycles. The van der Waals surface area contributed by atoms with Gasteiger partial charge in [-0.3, -0.25) is 9.59 Å². The topological polar surface area (TPSA) is 94.6 Å². The fourth-order valence-electron chi connectivity index (χ4n) is 2.66. The number of amides is 1. The van der Waals surface area contributed by atoms with Crippen molar-refractivity contribution in [2.45, 2.75) is 20.5 Å². The molecule has 0 aliphatic heterocycles. The Morgan fingerprint density at radius 2 is 1.81 bits per heavy atom. The van der Waals surface area contributed by atoms with E-state index in [-0.39, 0.29) is 23.1 Å². The number of nitrogens with zero attached hydrogens (tertiary/aromatic N) is 1. The number of benzene rings is 2. The van der Waals surface area contributed by atoms with Gasteiger partial charge in [-0.05, 0) is 50.2 Å². The summed E-state index contributed by atoms with van der Waals surface area (Å²) in [6, 6.07) is 12.1. The highest BCUT2D eigenvalue weighted by atomic mass is 32.1. The normalized spacial score (nSPS) is 10.4. The summed E-state index contributed by atoms with van der Waals surface area (Å²) in [4.78, 5) is 40.7. The molecular formula is C22H19FN2O5S. The second-order valence-corrected chi connectivity index (χ2v) is 7.57. The molecule has 3 rings (SSSR count). The van der Waals surface area contributed by atoms with Gasteiger partial charge in [0, 0.05) is 5.56 Å². The first-order valence-electron chi connectivity index (χ1n) is 9.25. The molecule has 0 saturated carbocycles. The molecule has 1 heterocycles. The number of esters is 1. The minimum absolute atomic E-state index is 0.104. The van der Waals surface area contributed by atoms with Crippen molar-refractivity contribution in [2.75, 3.05) is 11.9 Å². The molecule has 0 aliphatic rings. The molecule has 160 valence electrons. The van der Waals surface area contributed by atoms with E-state index in [4.69, 9.17) is 9.47 Å². The lowest BCUT2D eigenvalue weighted by molar-refractivity contribution is -0.119. The average Bonchev–Trinajstić information content (AvgIpc) is 3.12. The zero-order chi connectivity index (χ0) is 22.4. The van der Waals surface area contributed by atoms with Crippen LogP contribution in [0.15, 0.2) is 48.5 Å². The Bertz CT molecular complexity index is 1110. The van der Waals surface area contributed by atoms with Gasteiger partial charge in [0.2, 0.25) is 0 Å². The number of aromatic nitrogens is 1. The maximum absolute atomic E-state index is 12.9. The maximum Gasteiger partial charge on any atom is 0.350 e. The number of para-hydroxylation sites is 1. The number of hydrogen-bond acceptors (Lipinski definition) is 7. The highest BCUT2D eigenvalue weighted by molar-refractivity contribution is 7.13. The number of Topliss-reactive ketones (excluding diaryl/α,β-unsaturated/α-hetero) is 1. The van der Waals surface area contributed by atoms with E-state index in [0.29, 0.717) is 27.7 Å². The summed E-state index contributed by atoms with van der Waals surface area (Å²) in [5, 5.41) is 3.10. The number of thiazole rings is 1. The van der Waals surface area contributed by atoms with Crippen LogP contribution >= 0.6 is 11.3 Å². The van der Waals surface area contributed by atoms with Crippen LogP contribution in [-0.2, 0) is 16.1 Å². The number of nitrogens with one attached hydrogen (secondary N) is 1. The summed E-state index contributed by atoms with van der Waals surface area (Å²) in [5.74, 6) is -1.33. The molecule has 0 fully saturated rings. The molecule has 0 bridgehead atoms. The van der Waals surface area contributed by atoms with Crippen LogP contribution in [0.3, 0.4) is 0 Å². The van der Waals surface area contributed by atoms with E-state index in [9.17, 15) is 18.8 Å². The summed E-state index contributed by atoms with van der Waals surface area (Å²) in [6.07, 6.45) is 0. The number of ether oxygens (including phenoxy) is 2. The molecule has 0 radical (unpaired) electrons. The Labute approximate surface area is 181 Å². The lowest BCUT2D eigenvalue weighted by atomic mass is 10.1. The van der Waals surface area contributed by atoms with Crippen LogP contribution < -0.4 is 10.1 Å². The van der Waals surface area contributed by atoms with E-state index in [1.165, 1.54) is 31.2 Å². The summed E-state index contributed by atoms with van der Waals surface area (Å²) in [5.41, 5.74) is 1.17. The summed E-state index contributed by atoms with van der Waals surface area (Å²) in [7, 11) is 0. The van der Waals surface area contributed by atoms with Crippen molar-refractivity contribution in [3.63, 3.8) is 0 Å². The third-order valence-corrected chi connectivity index (χ3v) is 5.23. The fourth-order valence-corrected chi connectivity index (χ4v) is 3.53. The van der Waals surface area contributed by atoms with Crippen molar-refractivity contribution < 1.29 is 28.2 Å². The van der Waals surface area contributed by atoms with Crippen LogP contribution in [0.1, 0.15) is 37.7 Å². The minimum atomic E-state index is -0.682. The number of ketones is 1. The summed E-state index contributed by atoms with van der Waals surface area (Å²) in [6.45, 7) is 2.64. The standard InChI is InChI=1S/C22H19FN2O5S/c1-13-21(31-20(24-13)12-29-16-9-7-15(23)8-10-16)22(28)30-11-19(27)25-18-6-4-3-5-17(18)14(2)26/h3-10H,11-12H2,1-2H3,(H,25,27). The molecule has 0 unspecified atom stereocenters. The van der Waals surface area contributed by atoms with E-state index in [1.807, 2.05) is 0 Å². The Hall–Kier alpha value is -3.59. The van der Waals surface area contributed by atoms with Gasteiger partial charge in [0.25, 0.3) is 5.91 Å². The zero-order valence-electron chi connectivity index (χ0n) is 16.8. The van der Waals surface area contributed by atoms with Crippen LogP contribution in [0, 0.1) is 12.7 Å². The van der Waals surface area contributed by atoms with Crippen molar-refractivity contribution in [3.05, 3.63) is 75.5 Å². The molecule has 31 heavy (non-hydrogen) atoms. The number of aryl methyl sites for hydroxylation is 1. The van der Waals surface area contributed by atoms with Crippen LogP contribution in [-0.4, -0.2) is 29.3 Å². The molecule has 0 atom stereocenters. The maximum atomic E-state index is 12.9. The second-order valence-electron chi connectivity index (χ2n) is 6.49. The van der Waals surface area contributed by atoms with Crippen molar-refractivity contribution in [3.8, 4) is 5.75 Å². The number of carbonyl (C=O) groups is 3. The Morgan fingerprint density at radius 3 is 2.52 bits per heavy atom. The van der Waals surface area contributed by atoms with Crippen LogP contribution in [0.5, 0.6) is 5.75 Å². The molecule has 1 amide bonds. The summed E-state index contributed by atoms with van der Waals surface area (Å²) >= 11 is 1.09. The lowest BCUT2D eigenvalue weighted by Gasteiger charge is -2.09. The van der Waals surface area contributed by atoms with Gasteiger partial charge in [-0.2, -0.15) is 0 Å². The molecule has 0 aliphatic carbocycles. The van der Waals surface area contributed by atoms with Crippen LogP contribution in [0.2, 0.25) is 0 Å². The highest BCUT2D eigenvalue weighted by Crippen LogP contribution is 2.22. The van der Waals surface area contributed by atoms with Crippen LogP contribution in [0.25, 0.3) is 0 Å². The number of carbonyl (C=O) groups excluding carboxylic acids is 3. The minimum Gasteiger partial charge on any atom is -0.486 e. The molecular weight excluding hydrogens is 423 g/mol. The molecule has 1 N–H and O–H groups in total. The van der Waals surface area contributed by atoms with E-state index in [2.05, 4.69) is 10.3 Å². The van der Waals surface area contributed by atoms with E-state index < -0.39 is 18.5 Å². The molecule has 9 heteroatoms. The fraction of sp³-hybridized carbons (Fsp3) is 0.182. The Balaban J connectivity index is 1.55. The highest BCUT2D eigenvalue weighted by Gasteiger charge is 2.19. The number of halogens is 1. The van der Waals surface area contributed by atoms with Gasteiger partial charge >= 0.3 is 5.97 Å². The van der Waals surface area contributed by atoms with Crippen molar-refractivity contribution in [2.24, 2.45) is 0 Å². The zero-order valence-corrected chi connectivity index (χ0v) is 17.6. The molecule has 7 nitrogen and oxygen atoms in total. The van der Waals surface area contributed by atoms with E-state index in [0.717, 1.165) is 11.3 Å². The second kappa shape index (κ2) is 9.94. The third-order valence-electron chi connectivity index (χ3n) is 4.12. The quantitative estimate of drug-likeness (QED) is 0.416. The van der Waals surface area contributed by atoms with E-state index >= 15 is 0 Å². The smallest absolute Gasteiger partial charge is 0.350 e. The molecule has 0 spiro atoms. The van der Waals surface area contributed by atoms with E-state index in [1.54, 1.807) is 31.2 Å². The first-order chi connectivity index (χ1) is 14.8. The monoisotopic (exact) mass is 442 g/mol. The Morgan fingerprint density at radius 1 is 1.10 bits per heavy atom. The van der Waals surface area contributed by atoms with Gasteiger partial charge in [-0.15, -0.1) is 11.3 Å². The lowest BCUT2D eigenvalue weighted by Crippen LogP contribution is -2.21. The largest absolute Gasteiger partial charge is 0.486 e. The van der Waals surface area contributed by atoms with Gasteiger partial charge in [0.05, 0.1) is 11.4 Å². The number of rotatable bonds is 8. The average molecular weight is 442 g/mol. The summed E-state index contributed by atoms with van der Waals surface area (Å²) < 4.78 is 23.6. The molecule has 1 aromatic heterocycles. The van der Waals surface area contributed by atoms with Crippen molar-refractivity contribution >= 4 is 34.7 Å². The molecule has 0 saturated heterocycles. The van der Waals surface area contributed by atoms with Gasteiger partial charge in [0.15, 0.2) is 12.4 Å². The first-order valence-corrected chi connectivity index (χ1v) is 10.1. The van der Waals surface area contributed by atoms with Gasteiger partial charge in [0.1, 0.15) is 28.1 Å². The van der Waals surface area contributed by atoms with Gasteiger partial charge in [-0.1, -0.05) is 12.1 Å². The first kappa shape index (κ1) is 22.1. The predicted molar refractivity (Wildman–Crippen MR) is 113 cm³/mol. The van der Waals surface area contributed by atoms with Crippen molar-refractivity contribution in [1.29, 1.82) is 0 Å². The van der Waals surface area contributed by atoms with Gasteiger partial charge < -0.3 is 14.8 Å². The Kier molecular flexibility index (Phi) is 7.09. The van der Waals surface area contributed by atoms with Crippen molar-refractivity contribution in [1.82, 2.24) is 4.98 Å². The number of hydrogen-bond donors (Lipinski definition) is 1.